The van der Waals surface area contributed by atoms with E-state index in [1.54, 1.807) is 7.11 Å². The summed E-state index contributed by atoms with van der Waals surface area (Å²) in [6, 6.07) is 9.35. The van der Waals surface area contributed by atoms with Crippen LogP contribution in [0.3, 0.4) is 0 Å². The molecule has 1 aliphatic rings. The Kier molecular flexibility index (Phi) is 3.96. The predicted octanol–water partition coefficient (Wildman–Crippen LogP) is 3.92. The largest absolute Gasteiger partial charge is 0.497 e. The van der Waals surface area contributed by atoms with Crippen molar-refractivity contribution < 1.29 is 4.74 Å². The molecule has 0 heterocycles. The van der Waals surface area contributed by atoms with E-state index >= 15 is 0 Å². The smallest absolute Gasteiger partial charge is 0.119 e. The van der Waals surface area contributed by atoms with Crippen LogP contribution >= 0.6 is 0 Å². The summed E-state index contributed by atoms with van der Waals surface area (Å²) >= 11 is 0. The van der Waals surface area contributed by atoms with Gasteiger partial charge in [-0.05, 0) is 42.9 Å². The molecular weight excluding hydrogens is 222 g/mol. The zero-order valence-electron chi connectivity index (χ0n) is 12.0. The first kappa shape index (κ1) is 13.4. The first-order valence-electron chi connectivity index (χ1n) is 6.93. The van der Waals surface area contributed by atoms with Crippen LogP contribution in [0.25, 0.3) is 0 Å². The van der Waals surface area contributed by atoms with Crippen LogP contribution in [0, 0.1) is 5.41 Å². The maximum Gasteiger partial charge on any atom is 0.119 e. The van der Waals surface area contributed by atoms with Crippen molar-refractivity contribution in [2.24, 2.45) is 5.41 Å². The second-order valence-electron chi connectivity index (χ2n) is 6.10. The molecule has 1 aliphatic carbocycles. The third-order valence-electron chi connectivity index (χ3n) is 4.30. The molecule has 100 valence electrons. The molecule has 0 spiro atoms. The fourth-order valence-corrected chi connectivity index (χ4v) is 2.94. The highest BCUT2D eigenvalue weighted by atomic mass is 16.5. The van der Waals surface area contributed by atoms with Gasteiger partial charge in [-0.25, -0.2) is 0 Å². The van der Waals surface area contributed by atoms with E-state index in [-0.39, 0.29) is 0 Å². The minimum atomic E-state index is 0.377. The number of hydrogen-bond acceptors (Lipinski definition) is 2. The van der Waals surface area contributed by atoms with E-state index in [2.05, 4.69) is 44.3 Å². The molecule has 18 heavy (non-hydrogen) atoms. The normalized spacial score (nSPS) is 23.9. The second kappa shape index (κ2) is 5.31. The molecule has 1 N–H and O–H groups in total. The van der Waals surface area contributed by atoms with Crippen molar-refractivity contribution in [2.75, 3.05) is 7.11 Å². The van der Waals surface area contributed by atoms with Crippen LogP contribution in [-0.2, 0) is 0 Å². The predicted molar refractivity (Wildman–Crippen MR) is 76.0 cm³/mol. The Bertz CT molecular complexity index is 400. The van der Waals surface area contributed by atoms with Crippen LogP contribution in [0.15, 0.2) is 24.3 Å². The Morgan fingerprint density at radius 1 is 1.39 bits per heavy atom. The molecule has 2 rings (SSSR count). The number of benzene rings is 1. The van der Waals surface area contributed by atoms with Crippen LogP contribution < -0.4 is 10.1 Å². The third kappa shape index (κ3) is 2.86. The number of rotatable bonds is 4. The lowest BCUT2D eigenvalue weighted by molar-refractivity contribution is 0.266. The number of hydrogen-bond donors (Lipinski definition) is 1. The van der Waals surface area contributed by atoms with Gasteiger partial charge in [0.05, 0.1) is 7.11 Å². The zero-order chi connectivity index (χ0) is 13.2. The van der Waals surface area contributed by atoms with Gasteiger partial charge >= 0.3 is 0 Å². The van der Waals surface area contributed by atoms with Gasteiger partial charge < -0.3 is 10.1 Å². The molecule has 2 atom stereocenters. The summed E-state index contributed by atoms with van der Waals surface area (Å²) in [7, 11) is 1.72. The summed E-state index contributed by atoms with van der Waals surface area (Å²) in [5.41, 5.74) is 1.73. The van der Waals surface area contributed by atoms with Crippen LogP contribution in [0.5, 0.6) is 5.75 Å². The van der Waals surface area contributed by atoms with Crippen molar-refractivity contribution in [1.29, 1.82) is 0 Å². The van der Waals surface area contributed by atoms with Crippen LogP contribution in [-0.4, -0.2) is 13.2 Å². The Labute approximate surface area is 111 Å². The van der Waals surface area contributed by atoms with Gasteiger partial charge in [0.2, 0.25) is 0 Å². The molecule has 1 saturated carbocycles. The standard InChI is InChI=1S/C16H25NO/c1-12(13-7-5-8-14(11-13)18-4)17-15-9-6-10-16(15,2)3/h5,7-8,11-12,15,17H,6,9-10H2,1-4H3/t12-,15?/m1/s1. The molecule has 0 amide bonds. The first-order valence-corrected chi connectivity index (χ1v) is 6.93. The van der Waals surface area contributed by atoms with E-state index in [9.17, 15) is 0 Å². The summed E-state index contributed by atoms with van der Waals surface area (Å²) in [6.45, 7) is 6.98. The Balaban J connectivity index is 2.05. The van der Waals surface area contributed by atoms with Crippen molar-refractivity contribution in [3.63, 3.8) is 0 Å². The molecule has 0 saturated heterocycles. The SMILES string of the molecule is COc1cccc([C@@H](C)NC2CCCC2(C)C)c1. The van der Waals surface area contributed by atoms with Crippen molar-refractivity contribution in [2.45, 2.75) is 52.1 Å². The Hall–Kier alpha value is -1.02. The van der Waals surface area contributed by atoms with E-state index in [0.29, 0.717) is 17.5 Å². The van der Waals surface area contributed by atoms with Crippen molar-refractivity contribution >= 4 is 0 Å². The monoisotopic (exact) mass is 247 g/mol. The van der Waals surface area contributed by atoms with Gasteiger partial charge in [-0.2, -0.15) is 0 Å². The van der Waals surface area contributed by atoms with Gasteiger partial charge in [-0.3, -0.25) is 0 Å². The highest BCUT2D eigenvalue weighted by molar-refractivity contribution is 5.30. The van der Waals surface area contributed by atoms with E-state index < -0.39 is 0 Å². The van der Waals surface area contributed by atoms with E-state index in [1.807, 2.05) is 6.07 Å². The van der Waals surface area contributed by atoms with Crippen molar-refractivity contribution in [1.82, 2.24) is 5.32 Å². The van der Waals surface area contributed by atoms with Crippen LogP contribution in [0.1, 0.15) is 51.6 Å². The Morgan fingerprint density at radius 2 is 2.17 bits per heavy atom. The molecule has 1 aromatic rings. The lowest BCUT2D eigenvalue weighted by Gasteiger charge is -2.31. The first-order chi connectivity index (χ1) is 8.53. The molecule has 2 heteroatoms. The lowest BCUT2D eigenvalue weighted by Crippen LogP contribution is -2.39. The molecule has 0 aliphatic heterocycles. The molecule has 0 bridgehead atoms. The topological polar surface area (TPSA) is 21.3 Å². The second-order valence-corrected chi connectivity index (χ2v) is 6.10. The fourth-order valence-electron chi connectivity index (χ4n) is 2.94. The number of nitrogens with one attached hydrogen (secondary N) is 1. The maximum atomic E-state index is 5.29. The van der Waals surface area contributed by atoms with E-state index in [4.69, 9.17) is 4.74 Å². The quantitative estimate of drug-likeness (QED) is 0.870. The zero-order valence-corrected chi connectivity index (χ0v) is 12.0. The Morgan fingerprint density at radius 3 is 2.78 bits per heavy atom. The van der Waals surface area contributed by atoms with Crippen molar-refractivity contribution in [3.05, 3.63) is 29.8 Å². The summed E-state index contributed by atoms with van der Waals surface area (Å²) in [6.07, 6.45) is 3.96. The number of methoxy groups -OCH3 is 1. The third-order valence-corrected chi connectivity index (χ3v) is 4.30. The van der Waals surface area contributed by atoms with Gasteiger partial charge in [0, 0.05) is 12.1 Å². The van der Waals surface area contributed by atoms with Gasteiger partial charge in [-0.1, -0.05) is 32.4 Å². The maximum absolute atomic E-state index is 5.29. The highest BCUT2D eigenvalue weighted by Gasteiger charge is 2.34. The molecule has 1 unspecified atom stereocenters. The summed E-state index contributed by atoms with van der Waals surface area (Å²) in [5, 5.41) is 3.78. The molecule has 0 aromatic heterocycles. The van der Waals surface area contributed by atoms with Gasteiger partial charge in [0.1, 0.15) is 5.75 Å². The molecule has 1 aromatic carbocycles. The highest BCUT2D eigenvalue weighted by Crippen LogP contribution is 2.38. The molecule has 1 fully saturated rings. The molecular formula is C16H25NO. The average Bonchev–Trinajstić information content (AvgIpc) is 2.69. The van der Waals surface area contributed by atoms with E-state index in [1.165, 1.54) is 24.8 Å². The van der Waals surface area contributed by atoms with Crippen LogP contribution in [0.2, 0.25) is 0 Å². The minimum Gasteiger partial charge on any atom is -0.497 e. The summed E-state index contributed by atoms with van der Waals surface area (Å²) in [4.78, 5) is 0. The molecule has 2 nitrogen and oxygen atoms in total. The van der Waals surface area contributed by atoms with Crippen molar-refractivity contribution in [3.8, 4) is 5.75 Å². The summed E-state index contributed by atoms with van der Waals surface area (Å²) in [5.74, 6) is 0.937. The van der Waals surface area contributed by atoms with Gasteiger partial charge in [-0.15, -0.1) is 0 Å². The molecule has 0 radical (unpaired) electrons. The van der Waals surface area contributed by atoms with Crippen LogP contribution in [0.4, 0.5) is 0 Å². The van der Waals surface area contributed by atoms with Gasteiger partial charge in [0.25, 0.3) is 0 Å². The lowest BCUT2D eigenvalue weighted by atomic mass is 9.86. The summed E-state index contributed by atoms with van der Waals surface area (Å²) < 4.78 is 5.29. The number of ether oxygens (including phenoxy) is 1. The minimum absolute atomic E-state index is 0.377. The average molecular weight is 247 g/mol. The van der Waals surface area contributed by atoms with E-state index in [0.717, 1.165) is 5.75 Å². The van der Waals surface area contributed by atoms with Gasteiger partial charge in [0.15, 0.2) is 0 Å². The fraction of sp³-hybridized carbons (Fsp3) is 0.625.